The van der Waals surface area contributed by atoms with Gasteiger partial charge in [0.2, 0.25) is 15.9 Å². The molecule has 1 saturated heterocycles. The van der Waals surface area contributed by atoms with Crippen LogP contribution in [0.25, 0.3) is 0 Å². The Kier molecular flexibility index (Phi) is 6.70. The Hall–Kier alpha value is -2.95. The number of amides is 2. The van der Waals surface area contributed by atoms with Crippen LogP contribution in [-0.2, 0) is 19.6 Å². The summed E-state index contributed by atoms with van der Waals surface area (Å²) < 4.78 is 37.9. The van der Waals surface area contributed by atoms with Crippen molar-refractivity contribution in [3.8, 4) is 5.75 Å². The molecule has 0 bridgehead atoms. The van der Waals surface area contributed by atoms with Crippen LogP contribution in [0.3, 0.4) is 0 Å². The van der Waals surface area contributed by atoms with Crippen molar-refractivity contribution < 1.29 is 27.5 Å². The third kappa shape index (κ3) is 4.96. The van der Waals surface area contributed by atoms with Crippen LogP contribution >= 0.6 is 0 Å². The largest absolute Gasteiger partial charge is 0.495 e. The van der Waals surface area contributed by atoms with Gasteiger partial charge < -0.3 is 20.1 Å². The fourth-order valence-corrected chi connectivity index (χ4v) is 4.58. The third-order valence-corrected chi connectivity index (χ3v) is 6.40. The number of benzene rings is 2. The average Bonchev–Trinajstić information content (AvgIpc) is 2.75. The molecule has 0 unspecified atom stereocenters. The van der Waals surface area contributed by atoms with Crippen molar-refractivity contribution >= 4 is 33.2 Å². The molecular formula is C20H23N3O6S. The molecule has 10 heteroatoms. The summed E-state index contributed by atoms with van der Waals surface area (Å²) in [6.45, 7) is 2.51. The van der Waals surface area contributed by atoms with Gasteiger partial charge in [-0.1, -0.05) is 0 Å². The normalized spacial score (nSPS) is 14.7. The smallest absolute Gasteiger partial charge is 0.255 e. The van der Waals surface area contributed by atoms with Crippen LogP contribution in [-0.4, -0.2) is 58.0 Å². The van der Waals surface area contributed by atoms with Gasteiger partial charge in [0.05, 0.1) is 20.3 Å². The molecule has 2 aromatic carbocycles. The topological polar surface area (TPSA) is 114 Å². The van der Waals surface area contributed by atoms with E-state index in [9.17, 15) is 18.0 Å². The molecule has 1 fully saturated rings. The molecule has 0 saturated carbocycles. The number of hydrogen-bond acceptors (Lipinski definition) is 6. The number of hydrogen-bond donors (Lipinski definition) is 2. The molecule has 0 aliphatic carbocycles. The predicted octanol–water partition coefficient (Wildman–Crippen LogP) is 1.93. The van der Waals surface area contributed by atoms with E-state index in [1.54, 1.807) is 24.3 Å². The summed E-state index contributed by atoms with van der Waals surface area (Å²) in [4.78, 5) is 23.7. The number of nitrogens with one attached hydrogen (secondary N) is 2. The molecule has 1 heterocycles. The number of anilines is 2. The Morgan fingerprint density at radius 3 is 2.17 bits per heavy atom. The maximum Gasteiger partial charge on any atom is 0.255 e. The Balaban J connectivity index is 1.83. The summed E-state index contributed by atoms with van der Waals surface area (Å²) in [5, 5.41) is 5.35. The monoisotopic (exact) mass is 433 g/mol. The summed E-state index contributed by atoms with van der Waals surface area (Å²) in [6, 6.07) is 10.8. The highest BCUT2D eigenvalue weighted by Crippen LogP contribution is 2.29. The van der Waals surface area contributed by atoms with E-state index < -0.39 is 15.9 Å². The van der Waals surface area contributed by atoms with Crippen molar-refractivity contribution in [1.82, 2.24) is 4.31 Å². The third-order valence-electron chi connectivity index (χ3n) is 4.48. The Bertz CT molecular complexity index is 1030. The van der Waals surface area contributed by atoms with Gasteiger partial charge in [0.15, 0.2) is 0 Å². The van der Waals surface area contributed by atoms with Crippen molar-refractivity contribution in [2.75, 3.05) is 44.0 Å². The fourth-order valence-electron chi connectivity index (χ4n) is 2.99. The van der Waals surface area contributed by atoms with Crippen molar-refractivity contribution in [3.63, 3.8) is 0 Å². The highest BCUT2D eigenvalue weighted by molar-refractivity contribution is 7.89. The highest BCUT2D eigenvalue weighted by Gasteiger charge is 2.30. The molecule has 2 N–H and O–H groups in total. The van der Waals surface area contributed by atoms with Gasteiger partial charge in [0, 0.05) is 37.0 Å². The van der Waals surface area contributed by atoms with E-state index in [-0.39, 0.29) is 35.2 Å². The van der Waals surface area contributed by atoms with E-state index >= 15 is 0 Å². The lowest BCUT2D eigenvalue weighted by atomic mass is 10.2. The lowest BCUT2D eigenvalue weighted by Crippen LogP contribution is -2.40. The molecule has 2 amide bonds. The molecule has 30 heavy (non-hydrogen) atoms. The van der Waals surface area contributed by atoms with Crippen LogP contribution in [0.4, 0.5) is 11.4 Å². The second kappa shape index (κ2) is 9.24. The number of rotatable bonds is 6. The van der Waals surface area contributed by atoms with Crippen LogP contribution in [0.15, 0.2) is 47.4 Å². The minimum absolute atomic E-state index is 0.0689. The summed E-state index contributed by atoms with van der Waals surface area (Å²) >= 11 is 0. The van der Waals surface area contributed by atoms with E-state index in [2.05, 4.69) is 10.6 Å². The first-order valence-corrected chi connectivity index (χ1v) is 10.7. The van der Waals surface area contributed by atoms with Gasteiger partial charge in [-0.25, -0.2) is 8.42 Å². The van der Waals surface area contributed by atoms with Crippen molar-refractivity contribution in [2.45, 2.75) is 11.8 Å². The number of carbonyl (C=O) groups excluding carboxylic acids is 2. The molecule has 1 aliphatic rings. The SMILES string of the molecule is COc1ccc(C(=O)Nc2ccc(NC(C)=O)cc2)cc1S(=O)(=O)N1CCOCC1. The second-order valence-corrected chi connectivity index (χ2v) is 8.50. The first-order chi connectivity index (χ1) is 14.3. The fraction of sp³-hybridized carbons (Fsp3) is 0.300. The minimum atomic E-state index is -3.84. The van der Waals surface area contributed by atoms with E-state index in [1.807, 2.05) is 0 Å². The number of morpholine rings is 1. The van der Waals surface area contributed by atoms with Gasteiger partial charge in [-0.2, -0.15) is 4.31 Å². The van der Waals surface area contributed by atoms with E-state index in [4.69, 9.17) is 9.47 Å². The zero-order chi connectivity index (χ0) is 21.7. The highest BCUT2D eigenvalue weighted by atomic mass is 32.2. The van der Waals surface area contributed by atoms with Crippen molar-refractivity contribution in [3.05, 3.63) is 48.0 Å². The first kappa shape index (κ1) is 21.8. The van der Waals surface area contributed by atoms with Crippen LogP contribution < -0.4 is 15.4 Å². The Labute approximate surface area is 175 Å². The lowest BCUT2D eigenvalue weighted by Gasteiger charge is -2.26. The van der Waals surface area contributed by atoms with Crippen molar-refractivity contribution in [1.29, 1.82) is 0 Å². The number of methoxy groups -OCH3 is 1. The second-order valence-electron chi connectivity index (χ2n) is 6.59. The van der Waals surface area contributed by atoms with E-state index in [0.717, 1.165) is 0 Å². The Morgan fingerprint density at radius 1 is 1.00 bits per heavy atom. The molecule has 2 aromatic rings. The summed E-state index contributed by atoms with van der Waals surface area (Å²) in [5.74, 6) is -0.500. The number of sulfonamides is 1. The molecular weight excluding hydrogens is 410 g/mol. The molecule has 160 valence electrons. The summed E-state index contributed by atoms with van der Waals surface area (Å²) in [6.07, 6.45) is 0. The maximum absolute atomic E-state index is 13.0. The molecule has 0 aromatic heterocycles. The standard InChI is InChI=1S/C20H23N3O6S/c1-14(24)21-16-4-6-17(7-5-16)22-20(25)15-3-8-18(28-2)19(13-15)30(26,27)23-9-11-29-12-10-23/h3-8,13H,9-12H2,1-2H3,(H,21,24)(H,22,25). The lowest BCUT2D eigenvalue weighted by molar-refractivity contribution is -0.114. The van der Waals surface area contributed by atoms with Crippen LogP contribution in [0.5, 0.6) is 5.75 Å². The number of carbonyl (C=O) groups is 2. The van der Waals surface area contributed by atoms with Gasteiger partial charge in [-0.15, -0.1) is 0 Å². The zero-order valence-electron chi connectivity index (χ0n) is 16.7. The van der Waals surface area contributed by atoms with E-state index in [1.165, 1.54) is 36.5 Å². The van der Waals surface area contributed by atoms with Gasteiger partial charge in [0.25, 0.3) is 5.91 Å². The minimum Gasteiger partial charge on any atom is -0.495 e. The van der Waals surface area contributed by atoms with Gasteiger partial charge >= 0.3 is 0 Å². The summed E-state index contributed by atoms with van der Waals surface area (Å²) in [5.41, 5.74) is 1.28. The first-order valence-electron chi connectivity index (χ1n) is 9.26. The average molecular weight is 433 g/mol. The van der Waals surface area contributed by atoms with Gasteiger partial charge in [-0.3, -0.25) is 9.59 Å². The molecule has 9 nitrogen and oxygen atoms in total. The van der Waals surface area contributed by atoms with E-state index in [0.29, 0.717) is 24.6 Å². The maximum atomic E-state index is 13.0. The predicted molar refractivity (Wildman–Crippen MR) is 111 cm³/mol. The van der Waals surface area contributed by atoms with Gasteiger partial charge in [0.1, 0.15) is 10.6 Å². The molecule has 0 radical (unpaired) electrons. The molecule has 0 spiro atoms. The summed E-state index contributed by atoms with van der Waals surface area (Å²) in [7, 11) is -2.46. The molecule has 3 rings (SSSR count). The number of ether oxygens (including phenoxy) is 2. The quantitative estimate of drug-likeness (QED) is 0.720. The van der Waals surface area contributed by atoms with Crippen molar-refractivity contribution in [2.24, 2.45) is 0 Å². The number of nitrogens with zero attached hydrogens (tertiary/aromatic N) is 1. The zero-order valence-corrected chi connectivity index (χ0v) is 17.5. The molecule has 0 atom stereocenters. The van der Waals surface area contributed by atoms with Crippen LogP contribution in [0.1, 0.15) is 17.3 Å². The molecule has 1 aliphatic heterocycles. The van der Waals surface area contributed by atoms with Gasteiger partial charge in [-0.05, 0) is 42.5 Å². The van der Waals surface area contributed by atoms with Crippen LogP contribution in [0.2, 0.25) is 0 Å². The Morgan fingerprint density at radius 2 is 1.60 bits per heavy atom. The van der Waals surface area contributed by atoms with Crippen LogP contribution in [0, 0.1) is 0 Å².